The SMILES string of the molecule is O=C(NC1CC(c2nnc(-c3ccccc3)n2-c2ccccc2F)C1)c1ccnc2cccnc12. The van der Waals surface area contributed by atoms with Gasteiger partial charge in [0.25, 0.3) is 5.91 Å². The van der Waals surface area contributed by atoms with Gasteiger partial charge in [-0.05, 0) is 43.2 Å². The lowest BCUT2D eigenvalue weighted by Crippen LogP contribution is -2.44. The number of aromatic nitrogens is 5. The number of amides is 1. The second-order valence-electron chi connectivity index (χ2n) is 8.60. The highest BCUT2D eigenvalue weighted by Gasteiger charge is 2.36. The van der Waals surface area contributed by atoms with Crippen molar-refractivity contribution in [2.45, 2.75) is 24.8 Å². The van der Waals surface area contributed by atoms with Crippen molar-refractivity contribution in [3.8, 4) is 17.1 Å². The molecule has 1 saturated carbocycles. The van der Waals surface area contributed by atoms with Crippen molar-refractivity contribution < 1.29 is 9.18 Å². The van der Waals surface area contributed by atoms with Crippen LogP contribution < -0.4 is 5.32 Å². The number of rotatable bonds is 5. The zero-order valence-electron chi connectivity index (χ0n) is 18.7. The number of halogens is 1. The maximum atomic E-state index is 14.8. The summed E-state index contributed by atoms with van der Waals surface area (Å²) in [5, 5.41) is 12.0. The maximum absolute atomic E-state index is 14.8. The molecule has 2 aromatic carbocycles. The topological polar surface area (TPSA) is 85.6 Å². The predicted octanol–water partition coefficient (Wildman–Crippen LogP) is 4.69. The lowest BCUT2D eigenvalue weighted by molar-refractivity contribution is 0.0908. The van der Waals surface area contributed by atoms with E-state index in [0.29, 0.717) is 46.8 Å². The molecule has 0 radical (unpaired) electrons. The highest BCUT2D eigenvalue weighted by molar-refractivity contribution is 6.04. The van der Waals surface area contributed by atoms with Gasteiger partial charge in [0, 0.05) is 29.9 Å². The van der Waals surface area contributed by atoms with Gasteiger partial charge in [0.05, 0.1) is 16.8 Å². The summed E-state index contributed by atoms with van der Waals surface area (Å²) >= 11 is 0. The van der Waals surface area contributed by atoms with Crippen LogP contribution >= 0.6 is 0 Å². The predicted molar refractivity (Wildman–Crippen MR) is 130 cm³/mol. The van der Waals surface area contributed by atoms with Crippen molar-refractivity contribution in [2.24, 2.45) is 0 Å². The molecular formula is C27H21FN6O. The average molecular weight is 465 g/mol. The van der Waals surface area contributed by atoms with Crippen LogP contribution in [-0.2, 0) is 0 Å². The summed E-state index contributed by atoms with van der Waals surface area (Å²) in [4.78, 5) is 21.6. The van der Waals surface area contributed by atoms with Crippen LogP contribution in [0.3, 0.4) is 0 Å². The molecule has 0 aliphatic heterocycles. The van der Waals surface area contributed by atoms with Crippen LogP contribution in [0.5, 0.6) is 0 Å². The van der Waals surface area contributed by atoms with Crippen LogP contribution in [0.2, 0.25) is 0 Å². The summed E-state index contributed by atoms with van der Waals surface area (Å²) in [6.45, 7) is 0. The van der Waals surface area contributed by atoms with Gasteiger partial charge in [-0.15, -0.1) is 10.2 Å². The highest BCUT2D eigenvalue weighted by atomic mass is 19.1. The molecule has 0 saturated heterocycles. The molecule has 1 aliphatic carbocycles. The Morgan fingerprint density at radius 2 is 1.69 bits per heavy atom. The standard InChI is InChI=1S/C27H21FN6O/c28-21-9-4-5-11-23(21)34-25(17-7-2-1-3-8-17)32-33-26(34)18-15-19(16-18)31-27(35)20-12-14-29-22-10-6-13-30-24(20)22/h1-14,18-19H,15-16H2,(H,31,35). The maximum Gasteiger partial charge on any atom is 0.253 e. The number of nitrogens with zero attached hydrogens (tertiary/aromatic N) is 5. The van der Waals surface area contributed by atoms with Crippen molar-refractivity contribution in [1.82, 2.24) is 30.0 Å². The van der Waals surface area contributed by atoms with E-state index >= 15 is 0 Å². The Morgan fingerprint density at radius 1 is 0.886 bits per heavy atom. The number of nitrogens with one attached hydrogen (secondary N) is 1. The Hall–Kier alpha value is -4.46. The van der Waals surface area contributed by atoms with E-state index < -0.39 is 0 Å². The molecule has 0 atom stereocenters. The average Bonchev–Trinajstić information content (AvgIpc) is 3.30. The van der Waals surface area contributed by atoms with Crippen molar-refractivity contribution >= 4 is 16.9 Å². The Balaban J connectivity index is 1.26. The molecule has 1 amide bonds. The fourth-order valence-corrected chi connectivity index (χ4v) is 4.58. The molecular weight excluding hydrogens is 443 g/mol. The normalized spacial score (nSPS) is 17.2. The van der Waals surface area contributed by atoms with Crippen molar-refractivity contribution in [3.63, 3.8) is 0 Å². The molecule has 8 heteroatoms. The molecule has 6 rings (SSSR count). The number of fused-ring (bicyclic) bond motifs is 1. The molecule has 0 spiro atoms. The summed E-state index contributed by atoms with van der Waals surface area (Å²) in [5.41, 5.74) is 3.03. The Morgan fingerprint density at radius 3 is 2.51 bits per heavy atom. The van der Waals surface area contributed by atoms with Crippen molar-refractivity contribution in [3.05, 3.63) is 102 Å². The van der Waals surface area contributed by atoms with Crippen molar-refractivity contribution in [1.29, 1.82) is 0 Å². The minimum atomic E-state index is -0.341. The lowest BCUT2D eigenvalue weighted by Gasteiger charge is -2.35. The van der Waals surface area contributed by atoms with Crippen LogP contribution in [-0.4, -0.2) is 36.7 Å². The number of para-hydroxylation sites is 1. The number of hydrogen-bond acceptors (Lipinski definition) is 5. The Labute approximate surface area is 200 Å². The largest absolute Gasteiger partial charge is 0.349 e. The van der Waals surface area contributed by atoms with Gasteiger partial charge in [-0.25, -0.2) is 4.39 Å². The highest BCUT2D eigenvalue weighted by Crippen LogP contribution is 2.39. The second-order valence-corrected chi connectivity index (χ2v) is 8.60. The summed E-state index contributed by atoms with van der Waals surface area (Å²) in [6, 6.07) is 21.5. The quantitative estimate of drug-likeness (QED) is 0.408. The van der Waals surface area contributed by atoms with Gasteiger partial charge >= 0.3 is 0 Å². The van der Waals surface area contributed by atoms with Gasteiger partial charge in [0.2, 0.25) is 0 Å². The fraction of sp³-hybridized carbons (Fsp3) is 0.148. The molecule has 1 fully saturated rings. The number of carbonyl (C=O) groups excluding carboxylic acids is 1. The molecule has 172 valence electrons. The summed E-state index contributed by atoms with van der Waals surface area (Å²) in [7, 11) is 0. The molecule has 1 N–H and O–H groups in total. The lowest BCUT2D eigenvalue weighted by atomic mass is 9.79. The van der Waals surface area contributed by atoms with Crippen LogP contribution in [0.1, 0.15) is 34.9 Å². The monoisotopic (exact) mass is 464 g/mol. The minimum absolute atomic E-state index is 0.0228. The Bertz CT molecular complexity index is 1520. The van der Waals surface area contributed by atoms with E-state index in [1.54, 1.807) is 47.3 Å². The van der Waals surface area contributed by atoms with E-state index in [2.05, 4.69) is 25.5 Å². The molecule has 0 unspecified atom stereocenters. The third kappa shape index (κ3) is 3.82. The molecule has 7 nitrogen and oxygen atoms in total. The van der Waals surface area contributed by atoms with Crippen LogP contribution in [0.4, 0.5) is 4.39 Å². The van der Waals surface area contributed by atoms with E-state index in [-0.39, 0.29) is 23.7 Å². The molecule has 1 aliphatic rings. The van der Waals surface area contributed by atoms with E-state index in [1.165, 1.54) is 6.07 Å². The summed E-state index contributed by atoms with van der Waals surface area (Å²) in [5.74, 6) is 0.798. The molecule has 0 bridgehead atoms. The first-order valence-electron chi connectivity index (χ1n) is 11.5. The first kappa shape index (κ1) is 21.1. The smallest absolute Gasteiger partial charge is 0.253 e. The Kier molecular flexibility index (Phi) is 5.25. The van der Waals surface area contributed by atoms with E-state index in [1.807, 2.05) is 36.4 Å². The summed E-state index contributed by atoms with van der Waals surface area (Å²) in [6.07, 6.45) is 4.64. The number of hydrogen-bond donors (Lipinski definition) is 1. The molecule has 5 aromatic rings. The van der Waals surface area contributed by atoms with Gasteiger partial charge in [-0.2, -0.15) is 0 Å². The van der Waals surface area contributed by atoms with Crippen molar-refractivity contribution in [2.75, 3.05) is 0 Å². The van der Waals surface area contributed by atoms with Crippen LogP contribution in [0.15, 0.2) is 85.2 Å². The molecule has 3 aromatic heterocycles. The van der Waals surface area contributed by atoms with Gasteiger partial charge in [0.1, 0.15) is 17.2 Å². The van der Waals surface area contributed by atoms with Gasteiger partial charge in [-0.3, -0.25) is 19.3 Å². The number of pyridine rings is 2. The zero-order valence-corrected chi connectivity index (χ0v) is 18.7. The minimum Gasteiger partial charge on any atom is -0.349 e. The third-order valence-corrected chi connectivity index (χ3v) is 6.39. The molecule has 3 heterocycles. The first-order valence-corrected chi connectivity index (χ1v) is 11.5. The van der Waals surface area contributed by atoms with E-state index in [0.717, 1.165) is 5.56 Å². The fourth-order valence-electron chi connectivity index (χ4n) is 4.58. The second kappa shape index (κ2) is 8.72. The van der Waals surface area contributed by atoms with Crippen LogP contribution in [0, 0.1) is 5.82 Å². The number of carbonyl (C=O) groups is 1. The van der Waals surface area contributed by atoms with Gasteiger partial charge in [-0.1, -0.05) is 42.5 Å². The van der Waals surface area contributed by atoms with E-state index in [9.17, 15) is 9.18 Å². The zero-order chi connectivity index (χ0) is 23.8. The third-order valence-electron chi connectivity index (χ3n) is 6.39. The number of benzene rings is 2. The first-order chi connectivity index (χ1) is 17.2. The van der Waals surface area contributed by atoms with Crippen LogP contribution in [0.25, 0.3) is 28.1 Å². The van der Waals surface area contributed by atoms with E-state index in [4.69, 9.17) is 0 Å². The van der Waals surface area contributed by atoms with Gasteiger partial charge < -0.3 is 5.32 Å². The summed E-state index contributed by atoms with van der Waals surface area (Å²) < 4.78 is 16.6. The van der Waals surface area contributed by atoms with Gasteiger partial charge in [0.15, 0.2) is 5.82 Å². The molecule has 35 heavy (non-hydrogen) atoms.